The van der Waals surface area contributed by atoms with Crippen LogP contribution in [0.2, 0.25) is 0 Å². The molecule has 17 heavy (non-hydrogen) atoms. The van der Waals surface area contributed by atoms with Crippen LogP contribution in [0.15, 0.2) is 11.1 Å². The van der Waals surface area contributed by atoms with Crippen LogP contribution in [-0.2, 0) is 9.53 Å². The first-order valence-electron chi connectivity index (χ1n) is 6.63. The van der Waals surface area contributed by atoms with Crippen molar-refractivity contribution in [3.05, 3.63) is 11.1 Å². The number of unbranched alkanes of at least 4 members (excludes halogenated alkanes) is 1. The zero-order chi connectivity index (χ0) is 12.8. The van der Waals surface area contributed by atoms with Gasteiger partial charge in [0.2, 0.25) is 0 Å². The van der Waals surface area contributed by atoms with E-state index in [4.69, 9.17) is 4.74 Å². The molecular formula is C14H25NO2. The fourth-order valence-corrected chi connectivity index (χ4v) is 2.11. The second-order valence-corrected chi connectivity index (χ2v) is 5.04. The molecule has 2 atom stereocenters. The molecule has 0 aromatic heterocycles. The maximum Gasteiger partial charge on any atom is 0.306 e. The first-order chi connectivity index (χ1) is 8.04. The highest BCUT2D eigenvalue weighted by molar-refractivity contribution is 5.69. The van der Waals surface area contributed by atoms with E-state index in [1.807, 2.05) is 6.92 Å². The van der Waals surface area contributed by atoms with Crippen molar-refractivity contribution in [3.8, 4) is 0 Å². The number of nitrogens with one attached hydrogen (secondary N) is 1. The van der Waals surface area contributed by atoms with E-state index < -0.39 is 0 Å². The summed E-state index contributed by atoms with van der Waals surface area (Å²) in [5, 5.41) is 3.44. The largest absolute Gasteiger partial charge is 0.463 e. The third-order valence-electron chi connectivity index (χ3n) is 3.44. The number of rotatable bonds is 6. The van der Waals surface area contributed by atoms with Crippen LogP contribution in [0.25, 0.3) is 0 Å². The van der Waals surface area contributed by atoms with Gasteiger partial charge in [0.15, 0.2) is 0 Å². The van der Waals surface area contributed by atoms with Crippen LogP contribution in [0.5, 0.6) is 0 Å². The molecule has 0 radical (unpaired) electrons. The summed E-state index contributed by atoms with van der Waals surface area (Å²) in [6.45, 7) is 9.33. The normalized spacial score (nSPS) is 21.8. The van der Waals surface area contributed by atoms with Crippen molar-refractivity contribution in [1.82, 2.24) is 5.32 Å². The van der Waals surface area contributed by atoms with Crippen molar-refractivity contribution in [2.75, 3.05) is 6.54 Å². The SMILES string of the molecule is CCCCC(=O)OC(C)CC1NCC(C)=C1C. The van der Waals surface area contributed by atoms with Gasteiger partial charge in [-0.15, -0.1) is 0 Å². The Kier molecular flexibility index (Phi) is 5.69. The predicted molar refractivity (Wildman–Crippen MR) is 69.9 cm³/mol. The molecule has 0 saturated carbocycles. The Morgan fingerprint density at radius 2 is 2.24 bits per heavy atom. The average molecular weight is 239 g/mol. The maximum absolute atomic E-state index is 11.5. The van der Waals surface area contributed by atoms with Crippen LogP contribution < -0.4 is 5.32 Å². The van der Waals surface area contributed by atoms with Gasteiger partial charge in [0.05, 0.1) is 0 Å². The minimum atomic E-state index is -0.0595. The molecule has 3 heteroatoms. The summed E-state index contributed by atoms with van der Waals surface area (Å²) in [7, 11) is 0. The highest BCUT2D eigenvalue weighted by Crippen LogP contribution is 2.19. The molecule has 98 valence electrons. The summed E-state index contributed by atoms with van der Waals surface area (Å²) in [6, 6.07) is 0.379. The summed E-state index contributed by atoms with van der Waals surface area (Å²) >= 11 is 0. The number of ether oxygens (including phenoxy) is 1. The fraction of sp³-hybridized carbons (Fsp3) is 0.786. The second-order valence-electron chi connectivity index (χ2n) is 5.04. The average Bonchev–Trinajstić information content (AvgIpc) is 2.58. The molecule has 2 unspecified atom stereocenters. The monoisotopic (exact) mass is 239 g/mol. The molecular weight excluding hydrogens is 214 g/mol. The molecule has 1 heterocycles. The van der Waals surface area contributed by atoms with E-state index in [0.717, 1.165) is 25.8 Å². The first-order valence-corrected chi connectivity index (χ1v) is 6.63. The van der Waals surface area contributed by atoms with E-state index in [9.17, 15) is 4.79 Å². The van der Waals surface area contributed by atoms with Gasteiger partial charge in [-0.25, -0.2) is 0 Å². The lowest BCUT2D eigenvalue weighted by atomic mass is 10.0. The van der Waals surface area contributed by atoms with Crippen LogP contribution in [0, 0.1) is 0 Å². The van der Waals surface area contributed by atoms with Crippen molar-refractivity contribution in [2.45, 2.75) is 65.5 Å². The molecule has 0 aromatic rings. The Balaban J connectivity index is 2.30. The Morgan fingerprint density at radius 1 is 1.53 bits per heavy atom. The molecule has 0 amide bonds. The maximum atomic E-state index is 11.5. The summed E-state index contributed by atoms with van der Waals surface area (Å²) in [6.07, 6.45) is 3.38. The van der Waals surface area contributed by atoms with Crippen molar-refractivity contribution < 1.29 is 9.53 Å². The van der Waals surface area contributed by atoms with Gasteiger partial charge in [0.25, 0.3) is 0 Å². The highest BCUT2D eigenvalue weighted by Gasteiger charge is 2.22. The van der Waals surface area contributed by atoms with E-state index in [-0.39, 0.29) is 12.1 Å². The quantitative estimate of drug-likeness (QED) is 0.572. The van der Waals surface area contributed by atoms with Crippen molar-refractivity contribution >= 4 is 5.97 Å². The Hall–Kier alpha value is -0.830. The van der Waals surface area contributed by atoms with Gasteiger partial charge in [-0.05, 0) is 27.2 Å². The molecule has 3 nitrogen and oxygen atoms in total. The van der Waals surface area contributed by atoms with E-state index in [0.29, 0.717) is 12.5 Å². The zero-order valence-corrected chi connectivity index (χ0v) is 11.5. The van der Waals surface area contributed by atoms with Gasteiger partial charge >= 0.3 is 5.97 Å². The van der Waals surface area contributed by atoms with Crippen molar-refractivity contribution in [2.24, 2.45) is 0 Å². The van der Waals surface area contributed by atoms with Gasteiger partial charge in [-0.3, -0.25) is 4.79 Å². The zero-order valence-electron chi connectivity index (χ0n) is 11.5. The molecule has 1 aliphatic rings. The fourth-order valence-electron chi connectivity index (χ4n) is 2.11. The lowest BCUT2D eigenvalue weighted by molar-refractivity contribution is -0.148. The van der Waals surface area contributed by atoms with Gasteiger partial charge in [-0.2, -0.15) is 0 Å². The standard InChI is InChI=1S/C14H25NO2/c1-5-6-7-14(16)17-11(3)8-13-12(4)10(2)9-15-13/h11,13,15H,5-9H2,1-4H3. The molecule has 0 aromatic carbocycles. The molecule has 0 spiro atoms. The van der Waals surface area contributed by atoms with Crippen LogP contribution in [0.4, 0.5) is 0 Å². The van der Waals surface area contributed by atoms with Crippen LogP contribution in [-0.4, -0.2) is 24.7 Å². The van der Waals surface area contributed by atoms with E-state index in [1.54, 1.807) is 0 Å². The Bertz CT molecular complexity index is 297. The van der Waals surface area contributed by atoms with Crippen LogP contribution in [0.3, 0.4) is 0 Å². The molecule has 0 fully saturated rings. The van der Waals surface area contributed by atoms with Gasteiger partial charge in [-0.1, -0.05) is 24.5 Å². The number of carbonyl (C=O) groups excluding carboxylic acids is 1. The van der Waals surface area contributed by atoms with E-state index >= 15 is 0 Å². The highest BCUT2D eigenvalue weighted by atomic mass is 16.5. The summed E-state index contributed by atoms with van der Waals surface area (Å²) in [4.78, 5) is 11.5. The van der Waals surface area contributed by atoms with Crippen LogP contribution in [0.1, 0.15) is 53.4 Å². The number of hydrogen-bond acceptors (Lipinski definition) is 3. The van der Waals surface area contributed by atoms with Gasteiger partial charge in [0.1, 0.15) is 6.10 Å². The van der Waals surface area contributed by atoms with Crippen LogP contribution >= 0.6 is 0 Å². The summed E-state index contributed by atoms with van der Waals surface area (Å²) in [5.74, 6) is -0.0595. The second kappa shape index (κ2) is 6.80. The lowest BCUT2D eigenvalue weighted by Gasteiger charge is -2.19. The molecule has 0 bridgehead atoms. The Labute approximate surface area is 105 Å². The smallest absolute Gasteiger partial charge is 0.306 e. The van der Waals surface area contributed by atoms with Gasteiger partial charge < -0.3 is 10.1 Å². The minimum absolute atomic E-state index is 0.00212. The minimum Gasteiger partial charge on any atom is -0.463 e. The van der Waals surface area contributed by atoms with E-state index in [1.165, 1.54) is 11.1 Å². The van der Waals surface area contributed by atoms with E-state index in [2.05, 4.69) is 26.1 Å². The van der Waals surface area contributed by atoms with Crippen molar-refractivity contribution in [3.63, 3.8) is 0 Å². The topological polar surface area (TPSA) is 38.3 Å². The summed E-state index contributed by atoms with van der Waals surface area (Å²) < 4.78 is 5.40. The van der Waals surface area contributed by atoms with Gasteiger partial charge in [0, 0.05) is 25.4 Å². The Morgan fingerprint density at radius 3 is 2.76 bits per heavy atom. The molecule has 1 aliphatic heterocycles. The summed E-state index contributed by atoms with van der Waals surface area (Å²) in [5.41, 5.74) is 2.82. The third kappa shape index (κ3) is 4.50. The molecule has 1 rings (SSSR count). The molecule has 0 aliphatic carbocycles. The number of carbonyl (C=O) groups is 1. The first kappa shape index (κ1) is 14.2. The number of esters is 1. The third-order valence-corrected chi connectivity index (χ3v) is 3.44. The van der Waals surface area contributed by atoms with Crippen molar-refractivity contribution in [1.29, 1.82) is 0 Å². The number of hydrogen-bond donors (Lipinski definition) is 1. The molecule has 0 saturated heterocycles. The predicted octanol–water partition coefficient (Wildman–Crippen LogP) is 2.81. The lowest BCUT2D eigenvalue weighted by Crippen LogP contribution is -2.30. The molecule has 1 N–H and O–H groups in total.